The zero-order chi connectivity index (χ0) is 23.0. The predicted octanol–water partition coefficient (Wildman–Crippen LogP) is 3.25. The minimum atomic E-state index is -0.722. The summed E-state index contributed by atoms with van der Waals surface area (Å²) in [6, 6.07) is 15.6. The van der Waals surface area contributed by atoms with Crippen molar-refractivity contribution in [1.82, 2.24) is 15.0 Å². The van der Waals surface area contributed by atoms with Gasteiger partial charge in [0.25, 0.3) is 5.72 Å². The number of rotatable bonds is 4. The van der Waals surface area contributed by atoms with Crippen LogP contribution in [0.3, 0.4) is 0 Å². The van der Waals surface area contributed by atoms with Crippen LogP contribution in [0.4, 0.5) is 0 Å². The van der Waals surface area contributed by atoms with Crippen LogP contribution in [-0.2, 0) is 15.3 Å². The van der Waals surface area contributed by atoms with Crippen LogP contribution >= 0.6 is 0 Å². The Bertz CT molecular complexity index is 1320. The molecule has 33 heavy (non-hydrogen) atoms. The van der Waals surface area contributed by atoms with E-state index in [1.807, 2.05) is 55.0 Å². The van der Waals surface area contributed by atoms with Gasteiger partial charge in [-0.05, 0) is 42.8 Å². The minimum Gasteiger partial charge on any atom is -0.497 e. The molecule has 1 N–H and O–H groups in total. The number of benzene rings is 2. The van der Waals surface area contributed by atoms with Crippen molar-refractivity contribution < 1.29 is 18.9 Å². The molecule has 0 amide bonds. The SMILES string of the molecule is COc1cc(C=C2OCC[N+]3=C2NOC3(C)c2ccc(C#N)cc2)cc(-n2cnc(C)c2)c1. The molecule has 166 valence electrons. The molecule has 8 nitrogen and oxygen atoms in total. The lowest BCUT2D eigenvalue weighted by Gasteiger charge is -2.24. The molecule has 2 aliphatic rings. The first-order chi connectivity index (χ1) is 16.0. The van der Waals surface area contributed by atoms with Crippen LogP contribution in [-0.4, -0.2) is 40.2 Å². The standard InChI is InChI=1S/C25H23N5O3/c1-17-15-29(16-27-17)21-10-19(11-22(13-21)31-3)12-23-24-28-33-25(2,30(24)8-9-32-23)20-6-4-18(14-26)5-7-20/h4-7,10-13,15-16H,8-9H2,1-3H3/p+1. The van der Waals surface area contributed by atoms with Crippen LogP contribution in [0.2, 0.25) is 0 Å². The highest BCUT2D eigenvalue weighted by atomic mass is 16.7. The van der Waals surface area contributed by atoms with Crippen LogP contribution in [0.25, 0.3) is 11.8 Å². The van der Waals surface area contributed by atoms with E-state index in [1.54, 1.807) is 25.6 Å². The molecule has 5 rings (SSSR count). The Morgan fingerprint density at radius 3 is 2.79 bits per heavy atom. The third-order valence-corrected chi connectivity index (χ3v) is 5.94. The van der Waals surface area contributed by atoms with Crippen LogP contribution in [0.5, 0.6) is 5.75 Å². The monoisotopic (exact) mass is 442 g/mol. The first-order valence-corrected chi connectivity index (χ1v) is 10.6. The lowest BCUT2D eigenvalue weighted by Crippen LogP contribution is -2.40. The summed E-state index contributed by atoms with van der Waals surface area (Å²) < 4.78 is 15.6. The van der Waals surface area contributed by atoms with Crippen LogP contribution in [0.1, 0.15) is 29.3 Å². The molecule has 0 saturated heterocycles. The van der Waals surface area contributed by atoms with E-state index in [0.717, 1.165) is 34.1 Å². The second-order valence-electron chi connectivity index (χ2n) is 8.12. The zero-order valence-electron chi connectivity index (χ0n) is 18.7. The Hall–Kier alpha value is -4.09. The van der Waals surface area contributed by atoms with Crippen molar-refractivity contribution >= 4 is 11.9 Å². The molecule has 1 aromatic heterocycles. The third-order valence-electron chi connectivity index (χ3n) is 5.94. The molecule has 2 aromatic carbocycles. The van der Waals surface area contributed by atoms with Gasteiger partial charge in [-0.3, -0.25) is 0 Å². The van der Waals surface area contributed by atoms with E-state index in [4.69, 9.17) is 19.6 Å². The molecule has 0 saturated carbocycles. The van der Waals surface area contributed by atoms with E-state index >= 15 is 0 Å². The van der Waals surface area contributed by atoms with Crippen molar-refractivity contribution in [2.24, 2.45) is 0 Å². The topological polar surface area (TPSA) is 84.3 Å². The largest absolute Gasteiger partial charge is 0.497 e. The number of amidine groups is 1. The van der Waals surface area contributed by atoms with Crippen molar-refractivity contribution in [2.45, 2.75) is 19.6 Å². The fraction of sp³-hybridized carbons (Fsp3) is 0.240. The summed E-state index contributed by atoms with van der Waals surface area (Å²) in [6.45, 7) is 5.14. The van der Waals surface area contributed by atoms with Crippen molar-refractivity contribution in [2.75, 3.05) is 20.3 Å². The Morgan fingerprint density at radius 2 is 2.09 bits per heavy atom. The van der Waals surface area contributed by atoms with E-state index < -0.39 is 5.72 Å². The van der Waals surface area contributed by atoms with Crippen molar-refractivity contribution in [3.05, 3.63) is 83.1 Å². The number of hydroxylamine groups is 1. The molecule has 8 heteroatoms. The van der Waals surface area contributed by atoms with Gasteiger partial charge in [-0.1, -0.05) is 12.1 Å². The smallest absolute Gasteiger partial charge is 0.346 e. The maximum absolute atomic E-state index is 9.11. The van der Waals surface area contributed by atoms with E-state index in [0.29, 0.717) is 24.5 Å². The zero-order valence-corrected chi connectivity index (χ0v) is 18.7. The molecule has 0 radical (unpaired) electrons. The van der Waals surface area contributed by atoms with E-state index in [-0.39, 0.29) is 0 Å². The maximum Gasteiger partial charge on any atom is 0.346 e. The van der Waals surface area contributed by atoms with Crippen molar-refractivity contribution in [1.29, 1.82) is 5.26 Å². The van der Waals surface area contributed by atoms with Crippen LogP contribution < -0.4 is 10.2 Å². The molecule has 0 aliphatic carbocycles. The highest BCUT2D eigenvalue weighted by Gasteiger charge is 2.49. The minimum absolute atomic E-state index is 0.518. The molecule has 1 atom stereocenters. The number of methoxy groups -OCH3 is 1. The fourth-order valence-corrected chi connectivity index (χ4v) is 4.14. The second kappa shape index (κ2) is 8.11. The summed E-state index contributed by atoms with van der Waals surface area (Å²) in [5.74, 6) is 2.18. The second-order valence-corrected chi connectivity index (χ2v) is 8.12. The quantitative estimate of drug-likeness (QED) is 0.625. The molecule has 2 aliphatic heterocycles. The number of nitriles is 1. The molecule has 3 aromatic rings. The van der Waals surface area contributed by atoms with E-state index in [9.17, 15) is 0 Å². The number of nitrogens with one attached hydrogen (secondary N) is 1. The summed E-state index contributed by atoms with van der Waals surface area (Å²) >= 11 is 0. The lowest BCUT2D eigenvalue weighted by atomic mass is 10.0. The normalized spacial score (nSPS) is 20.7. The van der Waals surface area contributed by atoms with E-state index in [1.165, 1.54) is 0 Å². The Labute approximate surface area is 191 Å². The van der Waals surface area contributed by atoms with Gasteiger partial charge >= 0.3 is 5.84 Å². The predicted molar refractivity (Wildman–Crippen MR) is 122 cm³/mol. The van der Waals surface area contributed by atoms with E-state index in [2.05, 4.69) is 27.2 Å². The van der Waals surface area contributed by atoms with Gasteiger partial charge in [0.05, 0.1) is 36.5 Å². The molecule has 3 heterocycles. The van der Waals surface area contributed by atoms with Gasteiger partial charge in [0.15, 0.2) is 0 Å². The Balaban J connectivity index is 1.54. The Kier molecular flexibility index (Phi) is 5.11. The highest BCUT2D eigenvalue weighted by Crippen LogP contribution is 2.32. The fourth-order valence-electron chi connectivity index (χ4n) is 4.14. The van der Waals surface area contributed by atoms with Crippen molar-refractivity contribution in [3.63, 3.8) is 0 Å². The summed E-state index contributed by atoms with van der Waals surface area (Å²) in [5.41, 5.74) is 6.71. The first-order valence-electron chi connectivity index (χ1n) is 10.6. The number of nitrogens with zero attached hydrogens (tertiary/aromatic N) is 4. The first kappa shape index (κ1) is 20.8. The number of hydrogen-bond donors (Lipinski definition) is 1. The molecular weight excluding hydrogens is 418 g/mol. The summed E-state index contributed by atoms with van der Waals surface area (Å²) in [5, 5.41) is 9.11. The van der Waals surface area contributed by atoms with Gasteiger partial charge in [-0.25, -0.2) is 9.56 Å². The Morgan fingerprint density at radius 1 is 1.27 bits per heavy atom. The van der Waals surface area contributed by atoms with Crippen LogP contribution in [0, 0.1) is 18.3 Å². The number of hydrogen-bond acceptors (Lipinski definition) is 6. The van der Waals surface area contributed by atoms with Gasteiger partial charge in [0, 0.05) is 24.8 Å². The highest BCUT2D eigenvalue weighted by molar-refractivity contribution is 5.97. The molecular formula is C25H24N5O3+. The average molecular weight is 442 g/mol. The van der Waals surface area contributed by atoms with Crippen molar-refractivity contribution in [3.8, 4) is 17.5 Å². The number of aryl methyl sites for hydroxylation is 1. The van der Waals surface area contributed by atoms with Gasteiger partial charge < -0.3 is 14.0 Å². The summed E-state index contributed by atoms with van der Waals surface area (Å²) in [6.07, 6.45) is 5.72. The van der Waals surface area contributed by atoms with Gasteiger partial charge in [0.2, 0.25) is 5.76 Å². The summed E-state index contributed by atoms with van der Waals surface area (Å²) in [4.78, 5) is 10.4. The maximum atomic E-state index is 9.11. The number of aromatic nitrogens is 2. The van der Waals surface area contributed by atoms with Crippen LogP contribution in [0.15, 0.2) is 60.7 Å². The average Bonchev–Trinajstić information content (AvgIpc) is 3.44. The molecule has 1 unspecified atom stereocenters. The van der Waals surface area contributed by atoms with Gasteiger partial charge in [-0.15, -0.1) is 10.3 Å². The van der Waals surface area contributed by atoms with Gasteiger partial charge in [-0.2, -0.15) is 5.26 Å². The number of imidazole rings is 1. The number of ether oxygens (including phenoxy) is 2. The molecule has 0 bridgehead atoms. The molecule has 0 fully saturated rings. The van der Waals surface area contributed by atoms with Gasteiger partial charge in [0.1, 0.15) is 18.9 Å². The molecule has 0 spiro atoms. The lowest BCUT2D eigenvalue weighted by molar-refractivity contribution is -0.656. The third kappa shape index (κ3) is 3.73. The summed E-state index contributed by atoms with van der Waals surface area (Å²) in [7, 11) is 1.65.